The molecule has 86 valence electrons. The Kier molecular flexibility index (Phi) is 3.14. The van der Waals surface area contributed by atoms with Crippen molar-refractivity contribution in [1.29, 1.82) is 0 Å². The summed E-state index contributed by atoms with van der Waals surface area (Å²) < 4.78 is 13.4. The Bertz CT molecular complexity index is 538. The van der Waals surface area contributed by atoms with Crippen molar-refractivity contribution in [2.24, 2.45) is 0 Å². The van der Waals surface area contributed by atoms with Crippen molar-refractivity contribution in [3.8, 4) is 11.1 Å². The molecule has 1 heterocycles. The number of aromatic nitrogens is 1. The summed E-state index contributed by atoms with van der Waals surface area (Å²) in [7, 11) is 0. The van der Waals surface area contributed by atoms with E-state index in [0.29, 0.717) is 17.8 Å². The molecule has 0 fully saturated rings. The van der Waals surface area contributed by atoms with Crippen LogP contribution in [0.3, 0.4) is 0 Å². The van der Waals surface area contributed by atoms with Gasteiger partial charge >= 0.3 is 0 Å². The van der Waals surface area contributed by atoms with Gasteiger partial charge in [-0.25, -0.2) is 9.37 Å². The standard InChI is InChI=1S/C13H11FN2O/c1-9-2-3-10(6-12(9)14)11-4-5-13(15-7-11)16-8-17/h2-8H,1H3,(H,15,16,17). The molecule has 1 amide bonds. The molecule has 0 radical (unpaired) electrons. The third kappa shape index (κ3) is 2.47. The van der Waals surface area contributed by atoms with Gasteiger partial charge in [-0.15, -0.1) is 0 Å². The van der Waals surface area contributed by atoms with E-state index in [1.54, 1.807) is 31.3 Å². The molecule has 0 aliphatic rings. The summed E-state index contributed by atoms with van der Waals surface area (Å²) in [6.07, 6.45) is 2.16. The summed E-state index contributed by atoms with van der Waals surface area (Å²) >= 11 is 0. The highest BCUT2D eigenvalue weighted by Gasteiger charge is 2.02. The topological polar surface area (TPSA) is 42.0 Å². The van der Waals surface area contributed by atoms with Crippen LogP contribution in [0, 0.1) is 12.7 Å². The quantitative estimate of drug-likeness (QED) is 0.824. The number of aryl methyl sites for hydroxylation is 1. The van der Waals surface area contributed by atoms with Crippen LogP contribution in [0.4, 0.5) is 10.2 Å². The van der Waals surface area contributed by atoms with E-state index in [2.05, 4.69) is 10.3 Å². The second-order valence-electron chi connectivity index (χ2n) is 3.66. The largest absolute Gasteiger partial charge is 0.313 e. The highest BCUT2D eigenvalue weighted by atomic mass is 19.1. The van der Waals surface area contributed by atoms with E-state index in [1.165, 1.54) is 6.07 Å². The summed E-state index contributed by atoms with van der Waals surface area (Å²) in [5.74, 6) is 0.230. The van der Waals surface area contributed by atoms with Gasteiger partial charge in [-0.2, -0.15) is 0 Å². The minimum absolute atomic E-state index is 0.238. The molecule has 0 unspecified atom stereocenters. The molecule has 2 aromatic rings. The van der Waals surface area contributed by atoms with Crippen molar-refractivity contribution in [2.75, 3.05) is 5.32 Å². The Morgan fingerprint density at radius 2 is 2.00 bits per heavy atom. The summed E-state index contributed by atoms with van der Waals surface area (Å²) in [4.78, 5) is 14.2. The minimum atomic E-state index is -0.238. The zero-order chi connectivity index (χ0) is 12.3. The van der Waals surface area contributed by atoms with E-state index < -0.39 is 0 Å². The van der Waals surface area contributed by atoms with E-state index in [4.69, 9.17) is 0 Å². The average molecular weight is 230 g/mol. The zero-order valence-electron chi connectivity index (χ0n) is 9.27. The number of nitrogens with zero attached hydrogens (tertiary/aromatic N) is 1. The van der Waals surface area contributed by atoms with Crippen molar-refractivity contribution < 1.29 is 9.18 Å². The molecule has 0 bridgehead atoms. The second-order valence-corrected chi connectivity index (χ2v) is 3.66. The highest BCUT2D eigenvalue weighted by Crippen LogP contribution is 2.21. The van der Waals surface area contributed by atoms with E-state index in [1.807, 2.05) is 6.07 Å². The molecule has 4 heteroatoms. The minimum Gasteiger partial charge on any atom is -0.313 e. The number of anilines is 1. The summed E-state index contributed by atoms with van der Waals surface area (Å²) in [5.41, 5.74) is 2.18. The molecule has 3 nitrogen and oxygen atoms in total. The Balaban J connectivity index is 2.32. The van der Waals surface area contributed by atoms with E-state index >= 15 is 0 Å². The second kappa shape index (κ2) is 4.74. The molecule has 0 saturated heterocycles. The number of amides is 1. The Morgan fingerprint density at radius 1 is 1.24 bits per heavy atom. The number of benzene rings is 1. The van der Waals surface area contributed by atoms with E-state index in [-0.39, 0.29) is 5.82 Å². The molecule has 0 atom stereocenters. The Morgan fingerprint density at radius 3 is 2.59 bits per heavy atom. The van der Waals surface area contributed by atoms with Gasteiger partial charge in [-0.05, 0) is 36.2 Å². The molecular formula is C13H11FN2O. The van der Waals surface area contributed by atoms with Crippen LogP contribution in [-0.4, -0.2) is 11.4 Å². The number of halogens is 1. The van der Waals surface area contributed by atoms with Crippen LogP contribution in [0.5, 0.6) is 0 Å². The lowest BCUT2D eigenvalue weighted by Gasteiger charge is -2.04. The number of pyridine rings is 1. The maximum absolute atomic E-state index is 13.4. The number of carbonyl (C=O) groups excluding carboxylic acids is 1. The average Bonchev–Trinajstić information content (AvgIpc) is 2.34. The maximum atomic E-state index is 13.4. The maximum Gasteiger partial charge on any atom is 0.212 e. The van der Waals surface area contributed by atoms with Crippen LogP contribution in [0.2, 0.25) is 0 Å². The van der Waals surface area contributed by atoms with Gasteiger partial charge < -0.3 is 5.32 Å². The van der Waals surface area contributed by atoms with Gasteiger partial charge in [0.1, 0.15) is 11.6 Å². The molecule has 1 aromatic heterocycles. The van der Waals surface area contributed by atoms with Crippen molar-refractivity contribution >= 4 is 12.2 Å². The van der Waals surface area contributed by atoms with Crippen molar-refractivity contribution in [3.63, 3.8) is 0 Å². The molecule has 1 N–H and O–H groups in total. The third-order valence-corrected chi connectivity index (χ3v) is 2.48. The first-order valence-electron chi connectivity index (χ1n) is 5.13. The van der Waals surface area contributed by atoms with Gasteiger partial charge in [0.05, 0.1) is 0 Å². The molecular weight excluding hydrogens is 219 g/mol. The van der Waals surface area contributed by atoms with Crippen LogP contribution in [0.15, 0.2) is 36.5 Å². The number of hydrogen-bond acceptors (Lipinski definition) is 2. The molecule has 1 aromatic carbocycles. The summed E-state index contributed by atoms with van der Waals surface area (Å²) in [5, 5.41) is 2.44. The Hall–Kier alpha value is -2.23. The van der Waals surface area contributed by atoms with Gasteiger partial charge in [0, 0.05) is 11.8 Å². The normalized spacial score (nSPS) is 10.0. The fourth-order valence-corrected chi connectivity index (χ4v) is 1.48. The summed E-state index contributed by atoms with van der Waals surface area (Å²) in [6.45, 7) is 1.72. The smallest absolute Gasteiger partial charge is 0.212 e. The lowest BCUT2D eigenvalue weighted by Crippen LogP contribution is -1.96. The molecule has 0 spiro atoms. The van der Waals surface area contributed by atoms with Gasteiger partial charge in [0.15, 0.2) is 0 Å². The fraction of sp³-hybridized carbons (Fsp3) is 0.0769. The SMILES string of the molecule is Cc1ccc(-c2ccc(NC=O)nc2)cc1F. The van der Waals surface area contributed by atoms with Crippen LogP contribution in [-0.2, 0) is 4.79 Å². The van der Waals surface area contributed by atoms with Gasteiger partial charge in [0.25, 0.3) is 0 Å². The van der Waals surface area contributed by atoms with Crippen LogP contribution >= 0.6 is 0 Å². The zero-order valence-corrected chi connectivity index (χ0v) is 9.27. The first-order chi connectivity index (χ1) is 8.20. The molecule has 0 aliphatic carbocycles. The predicted octanol–water partition coefficient (Wildman–Crippen LogP) is 2.76. The number of nitrogens with one attached hydrogen (secondary N) is 1. The first-order valence-corrected chi connectivity index (χ1v) is 5.13. The molecule has 0 saturated carbocycles. The van der Waals surface area contributed by atoms with Crippen molar-refractivity contribution in [1.82, 2.24) is 4.98 Å². The van der Waals surface area contributed by atoms with E-state index in [9.17, 15) is 9.18 Å². The van der Waals surface area contributed by atoms with Crippen molar-refractivity contribution in [3.05, 3.63) is 47.9 Å². The Labute approximate surface area is 98.3 Å². The molecule has 2 rings (SSSR count). The van der Waals surface area contributed by atoms with Crippen LogP contribution in [0.1, 0.15) is 5.56 Å². The molecule has 0 aliphatic heterocycles. The van der Waals surface area contributed by atoms with Crippen LogP contribution < -0.4 is 5.32 Å². The van der Waals surface area contributed by atoms with Crippen molar-refractivity contribution in [2.45, 2.75) is 6.92 Å². The monoisotopic (exact) mass is 230 g/mol. The lowest BCUT2D eigenvalue weighted by atomic mass is 10.1. The first kappa shape index (κ1) is 11.3. The third-order valence-electron chi connectivity index (χ3n) is 2.48. The predicted molar refractivity (Wildman–Crippen MR) is 64.1 cm³/mol. The lowest BCUT2D eigenvalue weighted by molar-refractivity contribution is -0.105. The number of rotatable bonds is 3. The molecule has 17 heavy (non-hydrogen) atoms. The number of carbonyl (C=O) groups is 1. The fourth-order valence-electron chi connectivity index (χ4n) is 1.48. The summed E-state index contributed by atoms with van der Waals surface area (Å²) in [6, 6.07) is 8.48. The van der Waals surface area contributed by atoms with Crippen LogP contribution in [0.25, 0.3) is 11.1 Å². The highest BCUT2D eigenvalue weighted by molar-refractivity contribution is 5.70. The van der Waals surface area contributed by atoms with Gasteiger partial charge in [-0.3, -0.25) is 4.79 Å². The number of hydrogen-bond donors (Lipinski definition) is 1. The van der Waals surface area contributed by atoms with Gasteiger partial charge in [-0.1, -0.05) is 12.1 Å². The van der Waals surface area contributed by atoms with E-state index in [0.717, 1.165) is 11.1 Å². The van der Waals surface area contributed by atoms with Gasteiger partial charge in [0.2, 0.25) is 6.41 Å².